The first kappa shape index (κ1) is 20.8. The van der Waals surface area contributed by atoms with Gasteiger partial charge in [0.2, 0.25) is 21.8 Å². The number of hydrogen-bond acceptors (Lipinski definition) is 6. The zero-order valence-corrected chi connectivity index (χ0v) is 17.1. The number of aromatic amines is 1. The molecule has 0 aliphatic carbocycles. The van der Waals surface area contributed by atoms with Crippen LogP contribution in [0.3, 0.4) is 0 Å². The number of aromatic nitrogens is 3. The van der Waals surface area contributed by atoms with E-state index in [-0.39, 0.29) is 12.4 Å². The van der Waals surface area contributed by atoms with Crippen molar-refractivity contribution in [1.29, 1.82) is 0 Å². The second-order valence-electron chi connectivity index (χ2n) is 6.57. The number of nitrogens with two attached hydrogens (primary N) is 1. The monoisotopic (exact) mass is 433 g/mol. The summed E-state index contributed by atoms with van der Waals surface area (Å²) in [5, 5.41) is 9.25. The minimum Gasteiger partial charge on any atom is -0.419 e. The highest BCUT2D eigenvalue weighted by molar-refractivity contribution is 7.92. The van der Waals surface area contributed by atoms with Gasteiger partial charge in [0.15, 0.2) is 0 Å². The molecule has 4 N–H and O–H groups in total. The van der Waals surface area contributed by atoms with E-state index in [1.54, 1.807) is 24.3 Å². The van der Waals surface area contributed by atoms with Crippen LogP contribution in [0.1, 0.15) is 17.5 Å². The zero-order valence-electron chi connectivity index (χ0n) is 15.5. The lowest BCUT2D eigenvalue weighted by Crippen LogP contribution is -2.13. The van der Waals surface area contributed by atoms with E-state index < -0.39 is 16.1 Å². The number of sulfonamides is 1. The van der Waals surface area contributed by atoms with E-state index in [9.17, 15) is 8.42 Å². The molecule has 4 aromatic rings. The quantitative estimate of drug-likeness (QED) is 0.428. The molecule has 2 aromatic carbocycles. The van der Waals surface area contributed by atoms with Gasteiger partial charge in [-0.25, -0.2) is 8.42 Å². The van der Waals surface area contributed by atoms with Gasteiger partial charge in [-0.1, -0.05) is 18.2 Å². The highest BCUT2D eigenvalue weighted by Gasteiger charge is 2.18. The molecule has 0 aliphatic heterocycles. The molecule has 0 amide bonds. The third-order valence-corrected chi connectivity index (χ3v) is 4.91. The van der Waals surface area contributed by atoms with Gasteiger partial charge in [0.25, 0.3) is 0 Å². The number of halogens is 1. The Bertz CT molecular complexity index is 1220. The summed E-state index contributed by atoms with van der Waals surface area (Å²) in [7, 11) is -3.32. The Labute approximate surface area is 174 Å². The summed E-state index contributed by atoms with van der Waals surface area (Å²) >= 11 is 0. The van der Waals surface area contributed by atoms with Crippen LogP contribution in [0.2, 0.25) is 0 Å². The Morgan fingerprint density at radius 1 is 1.14 bits per heavy atom. The third-order valence-electron chi connectivity index (χ3n) is 4.31. The summed E-state index contributed by atoms with van der Waals surface area (Å²) in [6.45, 7) is 0. The van der Waals surface area contributed by atoms with Crippen LogP contribution >= 0.6 is 12.4 Å². The number of H-pyrrole nitrogens is 1. The van der Waals surface area contributed by atoms with Crippen LogP contribution in [-0.4, -0.2) is 29.9 Å². The average molecular weight is 434 g/mol. The van der Waals surface area contributed by atoms with Gasteiger partial charge in [0.1, 0.15) is 0 Å². The van der Waals surface area contributed by atoms with Gasteiger partial charge in [-0.15, -0.1) is 22.6 Å². The fourth-order valence-corrected chi connectivity index (χ4v) is 3.58. The maximum atomic E-state index is 11.3. The number of fused-ring (bicyclic) bond motifs is 1. The molecule has 0 saturated heterocycles. The first-order chi connectivity index (χ1) is 13.4. The SMILES string of the molecule is CS(=O)(=O)Nc1ccc(-c2nnc([C@@H](N)Cc3c[nH]c4ccccc34)o2)cc1.Cl. The van der Waals surface area contributed by atoms with E-state index in [1.165, 1.54) is 0 Å². The van der Waals surface area contributed by atoms with Gasteiger partial charge >= 0.3 is 0 Å². The smallest absolute Gasteiger partial charge is 0.247 e. The molecule has 29 heavy (non-hydrogen) atoms. The zero-order chi connectivity index (χ0) is 19.7. The summed E-state index contributed by atoms with van der Waals surface area (Å²) in [6, 6.07) is 14.2. The molecule has 0 unspecified atom stereocenters. The largest absolute Gasteiger partial charge is 0.419 e. The Hall–Kier alpha value is -2.88. The van der Waals surface area contributed by atoms with Crippen LogP contribution in [0.4, 0.5) is 5.69 Å². The lowest BCUT2D eigenvalue weighted by atomic mass is 10.1. The molecule has 2 aromatic heterocycles. The first-order valence-corrected chi connectivity index (χ1v) is 10.5. The molecule has 0 fully saturated rings. The Balaban J connectivity index is 0.00000240. The standard InChI is InChI=1S/C19H19N5O3S.ClH/c1-28(25,26)24-14-8-6-12(7-9-14)18-22-23-19(27-18)16(20)10-13-11-21-17-5-3-2-4-15(13)17;/h2-9,11,16,21,24H,10,20H2,1H3;1H/t16-;/m0./s1. The molecule has 0 radical (unpaired) electrons. The summed E-state index contributed by atoms with van der Waals surface area (Å²) in [5.41, 5.74) is 9.55. The normalized spacial score (nSPS) is 12.5. The fraction of sp³-hybridized carbons (Fsp3) is 0.158. The van der Waals surface area contributed by atoms with Crippen LogP contribution in [0, 0.1) is 0 Å². The van der Waals surface area contributed by atoms with Crippen molar-refractivity contribution in [2.45, 2.75) is 12.5 Å². The molecule has 4 rings (SSSR count). The second-order valence-corrected chi connectivity index (χ2v) is 8.32. The van der Waals surface area contributed by atoms with E-state index in [4.69, 9.17) is 10.2 Å². The van der Waals surface area contributed by atoms with Crippen LogP contribution < -0.4 is 10.5 Å². The summed E-state index contributed by atoms with van der Waals surface area (Å²) in [6.07, 6.45) is 3.60. The maximum absolute atomic E-state index is 11.3. The Morgan fingerprint density at radius 3 is 2.59 bits per heavy atom. The summed E-state index contributed by atoms with van der Waals surface area (Å²) in [5.74, 6) is 0.675. The van der Waals surface area contributed by atoms with E-state index in [0.29, 0.717) is 29.5 Å². The van der Waals surface area contributed by atoms with Crippen molar-refractivity contribution in [2.24, 2.45) is 5.73 Å². The lowest BCUT2D eigenvalue weighted by molar-refractivity contribution is 0.458. The molecule has 1 atom stereocenters. The molecule has 10 heteroatoms. The van der Waals surface area contributed by atoms with Gasteiger partial charge in [0, 0.05) is 28.4 Å². The Morgan fingerprint density at radius 2 is 1.86 bits per heavy atom. The van der Waals surface area contributed by atoms with Gasteiger partial charge in [-0.2, -0.15) is 0 Å². The predicted molar refractivity (Wildman–Crippen MR) is 114 cm³/mol. The Kier molecular flexibility index (Phi) is 5.92. The second kappa shape index (κ2) is 8.24. The number of anilines is 1. The van der Waals surface area contributed by atoms with E-state index in [0.717, 1.165) is 22.7 Å². The van der Waals surface area contributed by atoms with Crippen LogP contribution in [0.5, 0.6) is 0 Å². The van der Waals surface area contributed by atoms with Crippen molar-refractivity contribution in [3.05, 3.63) is 66.2 Å². The van der Waals surface area contributed by atoms with Gasteiger partial charge in [0.05, 0.1) is 12.3 Å². The first-order valence-electron chi connectivity index (χ1n) is 8.61. The highest BCUT2D eigenvalue weighted by atomic mass is 35.5. The molecule has 0 spiro atoms. The summed E-state index contributed by atoms with van der Waals surface area (Å²) in [4.78, 5) is 3.23. The van der Waals surface area contributed by atoms with E-state index in [2.05, 4.69) is 19.9 Å². The lowest BCUT2D eigenvalue weighted by Gasteiger charge is -2.06. The maximum Gasteiger partial charge on any atom is 0.247 e. The van der Waals surface area contributed by atoms with Gasteiger partial charge in [-0.3, -0.25) is 4.72 Å². The van der Waals surface area contributed by atoms with Crippen molar-refractivity contribution < 1.29 is 12.8 Å². The molecular weight excluding hydrogens is 414 g/mol. The van der Waals surface area contributed by atoms with Gasteiger partial charge in [-0.05, 0) is 42.3 Å². The van der Waals surface area contributed by atoms with Crippen molar-refractivity contribution in [3.63, 3.8) is 0 Å². The molecular formula is C19H20ClN5O3S. The summed E-state index contributed by atoms with van der Waals surface area (Å²) < 4.78 is 30.7. The van der Waals surface area contributed by atoms with Crippen LogP contribution in [-0.2, 0) is 16.4 Å². The van der Waals surface area contributed by atoms with Crippen molar-refractivity contribution >= 4 is 39.0 Å². The van der Waals surface area contributed by atoms with Crippen LogP contribution in [0.15, 0.2) is 59.1 Å². The van der Waals surface area contributed by atoms with E-state index in [1.807, 2.05) is 30.5 Å². The molecule has 152 valence electrons. The number of nitrogens with one attached hydrogen (secondary N) is 2. The minimum absolute atomic E-state index is 0. The topological polar surface area (TPSA) is 127 Å². The number of hydrogen-bond donors (Lipinski definition) is 3. The molecule has 2 heterocycles. The number of para-hydroxylation sites is 1. The minimum atomic E-state index is -3.32. The third kappa shape index (κ3) is 4.76. The molecule has 8 nitrogen and oxygen atoms in total. The van der Waals surface area contributed by atoms with Crippen molar-refractivity contribution in [1.82, 2.24) is 15.2 Å². The fourth-order valence-electron chi connectivity index (χ4n) is 3.02. The number of benzene rings is 2. The van der Waals surface area contributed by atoms with Crippen LogP contribution in [0.25, 0.3) is 22.4 Å². The molecule has 0 saturated carbocycles. The predicted octanol–water partition coefficient (Wildman–Crippen LogP) is 3.25. The average Bonchev–Trinajstić information content (AvgIpc) is 3.29. The van der Waals surface area contributed by atoms with Crippen molar-refractivity contribution in [3.8, 4) is 11.5 Å². The highest BCUT2D eigenvalue weighted by Crippen LogP contribution is 2.25. The number of nitrogens with zero attached hydrogens (tertiary/aromatic N) is 2. The van der Waals surface area contributed by atoms with E-state index >= 15 is 0 Å². The number of rotatable bonds is 6. The molecule has 0 aliphatic rings. The van der Waals surface area contributed by atoms with Crippen molar-refractivity contribution in [2.75, 3.05) is 11.0 Å². The van der Waals surface area contributed by atoms with Gasteiger partial charge < -0.3 is 15.1 Å². The molecule has 0 bridgehead atoms.